The van der Waals surface area contributed by atoms with Crippen LogP contribution in [0.3, 0.4) is 0 Å². The van der Waals surface area contributed by atoms with Crippen molar-refractivity contribution in [3.8, 4) is 11.8 Å². The van der Waals surface area contributed by atoms with Crippen LogP contribution in [-0.4, -0.2) is 23.5 Å². The van der Waals surface area contributed by atoms with Crippen molar-refractivity contribution in [3.05, 3.63) is 71.3 Å². The number of allylic oxidation sites excluding steroid dienone is 2. The van der Waals surface area contributed by atoms with Crippen LogP contribution in [0.2, 0.25) is 0 Å². The molecular weight excluding hydrogens is 506 g/mol. The number of unbranched alkanes of at least 4 members (excludes halogenated alkanes) is 1. The zero-order valence-corrected chi connectivity index (χ0v) is 25.8. The zero-order valence-electron chi connectivity index (χ0n) is 25.8. The van der Waals surface area contributed by atoms with Crippen molar-refractivity contribution < 1.29 is 18.7 Å². The molecule has 0 aliphatic heterocycles. The first kappa shape index (κ1) is 36.8. The van der Waals surface area contributed by atoms with Crippen LogP contribution in [-0.2, 0) is 4.79 Å². The molecule has 1 unspecified atom stereocenters. The maximum Gasteiger partial charge on any atom is 0.250 e. The number of para-hydroxylation sites is 2. The second kappa shape index (κ2) is 19.8. The fourth-order valence-electron chi connectivity index (χ4n) is 4.40. The molecule has 6 heteroatoms. The van der Waals surface area contributed by atoms with Gasteiger partial charge >= 0.3 is 0 Å². The lowest BCUT2D eigenvalue weighted by molar-refractivity contribution is -0.117. The van der Waals surface area contributed by atoms with Gasteiger partial charge in [0, 0.05) is 25.8 Å². The van der Waals surface area contributed by atoms with Crippen molar-refractivity contribution in [1.29, 1.82) is 5.26 Å². The van der Waals surface area contributed by atoms with E-state index < -0.39 is 11.8 Å². The molecule has 0 aromatic heterocycles. The van der Waals surface area contributed by atoms with Crippen LogP contribution >= 0.6 is 0 Å². The standard InChI is InChI=1S/C19H27F2NO2.C9H9N.C4H8.C2H6/c1-3-4-7-16-12-15(10-11-19(16,20)21)13-22(14(2)23)17-8-5-6-9-18(17)24;1-7-3-4-9(6-10)5-8(7)2;1-3-4-2;1-2/h5-6,8-9,15-16,24H,3-4,7,10-13H2,1-2H3;3-5H,1-2H3;3-4H,1-2H3;1-2H3/b;;4-3-;/t15?,16-;;;/m1.../s1. The average Bonchev–Trinajstić information content (AvgIpc) is 2.95. The fraction of sp³-hybridized carbons (Fsp3) is 0.529. The number of rotatable bonds is 6. The Hall–Kier alpha value is -3.20. The quantitative estimate of drug-likeness (QED) is 0.360. The predicted octanol–water partition coefficient (Wildman–Crippen LogP) is 9.77. The first-order valence-corrected chi connectivity index (χ1v) is 14.5. The number of phenolic OH excluding ortho intramolecular Hbond substituents is 1. The molecule has 1 N–H and O–H groups in total. The van der Waals surface area contributed by atoms with E-state index in [4.69, 9.17) is 5.26 Å². The SMILES string of the molecule is C/C=C\C.CC.CCCC[C@@H]1CC(CN(C(C)=O)c2ccccc2O)CCC1(F)F.Cc1ccc(C#N)cc1C. The second-order valence-electron chi connectivity index (χ2n) is 9.94. The van der Waals surface area contributed by atoms with Crippen molar-refractivity contribution in [3.63, 3.8) is 0 Å². The van der Waals surface area contributed by atoms with Gasteiger partial charge in [-0.15, -0.1) is 0 Å². The molecule has 0 bridgehead atoms. The Morgan fingerprint density at radius 1 is 1.12 bits per heavy atom. The van der Waals surface area contributed by atoms with Gasteiger partial charge in [0.2, 0.25) is 5.91 Å². The van der Waals surface area contributed by atoms with Crippen LogP contribution in [0.15, 0.2) is 54.6 Å². The summed E-state index contributed by atoms with van der Waals surface area (Å²) in [5.74, 6) is -3.30. The highest BCUT2D eigenvalue weighted by atomic mass is 19.3. The minimum atomic E-state index is -2.60. The smallest absolute Gasteiger partial charge is 0.250 e. The van der Waals surface area contributed by atoms with Gasteiger partial charge in [-0.05, 0) is 88.3 Å². The molecule has 3 rings (SSSR count). The van der Waals surface area contributed by atoms with E-state index in [0.29, 0.717) is 31.5 Å². The summed E-state index contributed by atoms with van der Waals surface area (Å²) in [4.78, 5) is 13.5. The number of carbonyl (C=O) groups excluding carboxylic acids is 1. The molecular formula is C34H50F2N2O2. The highest BCUT2D eigenvalue weighted by Crippen LogP contribution is 2.44. The fourth-order valence-corrected chi connectivity index (χ4v) is 4.40. The molecule has 1 saturated carbocycles. The van der Waals surface area contributed by atoms with Gasteiger partial charge in [-0.3, -0.25) is 4.79 Å². The normalized spacial score (nSPS) is 17.1. The summed E-state index contributed by atoms with van der Waals surface area (Å²) >= 11 is 0. The number of aryl methyl sites for hydroxylation is 2. The Bertz CT molecular complexity index is 1070. The number of phenols is 1. The van der Waals surface area contributed by atoms with Gasteiger partial charge < -0.3 is 10.0 Å². The summed E-state index contributed by atoms with van der Waals surface area (Å²) in [5.41, 5.74) is 3.61. The van der Waals surface area contributed by atoms with Crippen molar-refractivity contribution in [2.75, 3.05) is 11.4 Å². The molecule has 0 radical (unpaired) electrons. The number of halogens is 2. The van der Waals surface area contributed by atoms with E-state index in [-0.39, 0.29) is 24.0 Å². The number of hydrogen-bond acceptors (Lipinski definition) is 3. The number of amides is 1. The third kappa shape index (κ3) is 12.8. The van der Waals surface area contributed by atoms with Crippen LogP contribution in [0.25, 0.3) is 0 Å². The molecule has 0 saturated heterocycles. The minimum Gasteiger partial charge on any atom is -0.506 e. The number of benzene rings is 2. The number of anilines is 1. The monoisotopic (exact) mass is 556 g/mol. The van der Waals surface area contributed by atoms with Crippen LogP contribution < -0.4 is 4.90 Å². The molecule has 1 aliphatic carbocycles. The number of alkyl halides is 2. The van der Waals surface area contributed by atoms with Gasteiger partial charge in [-0.25, -0.2) is 8.78 Å². The Morgan fingerprint density at radius 2 is 1.75 bits per heavy atom. The van der Waals surface area contributed by atoms with Crippen molar-refractivity contribution >= 4 is 11.6 Å². The van der Waals surface area contributed by atoms with Crippen LogP contribution in [0.5, 0.6) is 5.75 Å². The molecule has 2 atom stereocenters. The van der Waals surface area contributed by atoms with E-state index >= 15 is 0 Å². The molecule has 1 amide bonds. The molecule has 40 heavy (non-hydrogen) atoms. The number of nitriles is 1. The molecule has 0 heterocycles. The van der Waals surface area contributed by atoms with E-state index in [9.17, 15) is 18.7 Å². The van der Waals surface area contributed by atoms with E-state index in [1.807, 2.05) is 78.8 Å². The number of aromatic hydroxyl groups is 1. The molecule has 222 valence electrons. The summed E-state index contributed by atoms with van der Waals surface area (Å²) in [7, 11) is 0. The van der Waals surface area contributed by atoms with Gasteiger partial charge in [0.15, 0.2) is 0 Å². The van der Waals surface area contributed by atoms with Crippen molar-refractivity contribution in [1.82, 2.24) is 0 Å². The Balaban J connectivity index is 0.000000782. The largest absolute Gasteiger partial charge is 0.506 e. The van der Waals surface area contributed by atoms with Gasteiger partial charge in [0.1, 0.15) is 5.75 Å². The molecule has 1 fully saturated rings. The summed E-state index contributed by atoms with van der Waals surface area (Å²) in [6, 6.07) is 14.5. The number of hydrogen-bond donors (Lipinski definition) is 1. The van der Waals surface area contributed by atoms with E-state index in [2.05, 4.69) is 6.07 Å². The van der Waals surface area contributed by atoms with Crippen LogP contribution in [0.1, 0.15) is 96.8 Å². The minimum absolute atomic E-state index is 0.0370. The van der Waals surface area contributed by atoms with Gasteiger partial charge in [0.05, 0.1) is 17.3 Å². The van der Waals surface area contributed by atoms with Crippen molar-refractivity contribution in [2.24, 2.45) is 11.8 Å². The topological polar surface area (TPSA) is 64.3 Å². The first-order chi connectivity index (χ1) is 19.0. The van der Waals surface area contributed by atoms with E-state index in [0.717, 1.165) is 18.4 Å². The Labute approximate surface area is 241 Å². The van der Waals surface area contributed by atoms with Gasteiger partial charge in [0.25, 0.3) is 5.92 Å². The van der Waals surface area contributed by atoms with E-state index in [1.54, 1.807) is 18.2 Å². The molecule has 2 aromatic carbocycles. The average molecular weight is 557 g/mol. The zero-order chi connectivity index (χ0) is 30.7. The summed E-state index contributed by atoms with van der Waals surface area (Å²) in [6.45, 7) is 15.9. The van der Waals surface area contributed by atoms with Gasteiger partial charge in [-0.2, -0.15) is 5.26 Å². The van der Waals surface area contributed by atoms with Crippen molar-refractivity contribution in [2.45, 2.75) is 99.8 Å². The Kier molecular flexibility index (Phi) is 18.2. The highest BCUT2D eigenvalue weighted by Gasteiger charge is 2.44. The number of nitrogens with zero attached hydrogens (tertiary/aromatic N) is 2. The molecule has 4 nitrogen and oxygen atoms in total. The maximum absolute atomic E-state index is 14.1. The predicted molar refractivity (Wildman–Crippen MR) is 164 cm³/mol. The second-order valence-corrected chi connectivity index (χ2v) is 9.94. The maximum atomic E-state index is 14.1. The lowest BCUT2D eigenvalue weighted by Crippen LogP contribution is -2.41. The summed E-state index contributed by atoms with van der Waals surface area (Å²) < 4.78 is 28.3. The Morgan fingerprint density at radius 3 is 2.25 bits per heavy atom. The summed E-state index contributed by atoms with van der Waals surface area (Å²) in [5, 5.41) is 18.5. The van der Waals surface area contributed by atoms with Crippen LogP contribution in [0, 0.1) is 37.0 Å². The summed E-state index contributed by atoms with van der Waals surface area (Å²) in [6.07, 6.45) is 6.99. The first-order valence-electron chi connectivity index (χ1n) is 14.5. The number of carbonyl (C=O) groups is 1. The third-order valence-corrected chi connectivity index (χ3v) is 6.97. The third-order valence-electron chi connectivity index (χ3n) is 6.97. The van der Waals surface area contributed by atoms with Crippen LogP contribution in [0.4, 0.5) is 14.5 Å². The molecule has 0 spiro atoms. The van der Waals surface area contributed by atoms with Gasteiger partial charge in [-0.1, -0.05) is 64.0 Å². The lowest BCUT2D eigenvalue weighted by atomic mass is 9.76. The molecule has 1 aliphatic rings. The highest BCUT2D eigenvalue weighted by molar-refractivity contribution is 5.93. The molecule has 2 aromatic rings. The van der Waals surface area contributed by atoms with E-state index in [1.165, 1.54) is 29.0 Å². The lowest BCUT2D eigenvalue weighted by Gasteiger charge is -2.38.